The van der Waals surface area contributed by atoms with Crippen LogP contribution in [-0.2, 0) is 10.5 Å². The first-order valence-corrected chi connectivity index (χ1v) is 9.02. The molecule has 0 atom stereocenters. The van der Waals surface area contributed by atoms with Crippen LogP contribution in [0.4, 0.5) is 0 Å². The molecule has 0 aliphatic heterocycles. The van der Waals surface area contributed by atoms with Crippen LogP contribution in [0.1, 0.15) is 16.7 Å². The van der Waals surface area contributed by atoms with E-state index >= 15 is 0 Å². The van der Waals surface area contributed by atoms with Crippen molar-refractivity contribution in [2.45, 2.75) is 12.7 Å². The van der Waals surface area contributed by atoms with Crippen molar-refractivity contribution in [1.82, 2.24) is 5.32 Å². The molecule has 0 saturated carbocycles. The highest BCUT2D eigenvalue weighted by Crippen LogP contribution is 2.15. The fourth-order valence-electron chi connectivity index (χ4n) is 2.01. The maximum absolute atomic E-state index is 11.7. The van der Waals surface area contributed by atoms with E-state index in [0.717, 1.165) is 17.1 Å². The number of hydrogen-bond acceptors (Lipinski definition) is 2. The number of carbonyl (C=O) groups is 1. The van der Waals surface area contributed by atoms with E-state index in [0.29, 0.717) is 11.6 Å². The Hall–Kier alpha value is -1.71. The Kier molecular flexibility index (Phi) is 7.24. The lowest BCUT2D eigenvalue weighted by Gasteiger charge is -2.05. The normalized spacial score (nSPS) is 10.9. The minimum atomic E-state index is -0.0727. The zero-order valence-corrected chi connectivity index (χ0v) is 14.7. The Morgan fingerprint density at radius 3 is 2.65 bits per heavy atom. The first-order valence-electron chi connectivity index (χ1n) is 7.49. The van der Waals surface area contributed by atoms with Crippen LogP contribution in [0, 0.1) is 6.92 Å². The van der Waals surface area contributed by atoms with Crippen LogP contribution in [0.3, 0.4) is 0 Å². The predicted octanol–water partition coefficient (Wildman–Crippen LogP) is 4.71. The van der Waals surface area contributed by atoms with Gasteiger partial charge in [0.1, 0.15) is 0 Å². The molecule has 1 N–H and O–H groups in total. The van der Waals surface area contributed by atoms with E-state index in [-0.39, 0.29) is 5.91 Å². The summed E-state index contributed by atoms with van der Waals surface area (Å²) in [6, 6.07) is 15.8. The van der Waals surface area contributed by atoms with E-state index < -0.39 is 0 Å². The highest BCUT2D eigenvalue weighted by atomic mass is 35.5. The zero-order valence-electron chi connectivity index (χ0n) is 13.1. The van der Waals surface area contributed by atoms with E-state index in [1.165, 1.54) is 11.1 Å². The molecule has 0 fully saturated rings. The molecule has 0 aliphatic carbocycles. The summed E-state index contributed by atoms with van der Waals surface area (Å²) < 4.78 is 0. The Balaban J connectivity index is 1.65. The van der Waals surface area contributed by atoms with Gasteiger partial charge in [-0.3, -0.25) is 4.79 Å². The van der Waals surface area contributed by atoms with Gasteiger partial charge < -0.3 is 5.32 Å². The van der Waals surface area contributed by atoms with E-state index in [9.17, 15) is 4.79 Å². The first kappa shape index (κ1) is 17.6. The van der Waals surface area contributed by atoms with E-state index in [4.69, 9.17) is 11.6 Å². The van der Waals surface area contributed by atoms with Crippen molar-refractivity contribution < 1.29 is 4.79 Å². The molecule has 2 aromatic rings. The molecule has 0 heterocycles. The molecule has 4 heteroatoms. The average molecular weight is 346 g/mol. The molecule has 2 aromatic carbocycles. The van der Waals surface area contributed by atoms with Gasteiger partial charge in [0, 0.05) is 29.1 Å². The quantitative estimate of drug-likeness (QED) is 0.581. The van der Waals surface area contributed by atoms with Crippen molar-refractivity contribution in [3.63, 3.8) is 0 Å². The van der Waals surface area contributed by atoms with Gasteiger partial charge in [0.15, 0.2) is 0 Å². The van der Waals surface area contributed by atoms with Crippen LogP contribution in [0.25, 0.3) is 6.08 Å². The monoisotopic (exact) mass is 345 g/mol. The molecule has 0 radical (unpaired) electrons. The van der Waals surface area contributed by atoms with Crippen molar-refractivity contribution >= 4 is 35.3 Å². The molecule has 0 aliphatic rings. The van der Waals surface area contributed by atoms with Crippen LogP contribution in [0.15, 0.2) is 54.6 Å². The number of nitrogens with one attached hydrogen (secondary N) is 1. The van der Waals surface area contributed by atoms with Gasteiger partial charge in [-0.15, -0.1) is 0 Å². The molecule has 0 spiro atoms. The number of benzene rings is 2. The summed E-state index contributed by atoms with van der Waals surface area (Å²) in [6.45, 7) is 2.79. The topological polar surface area (TPSA) is 29.1 Å². The molecule has 0 aromatic heterocycles. The number of thioether (sulfide) groups is 1. The van der Waals surface area contributed by atoms with Crippen molar-refractivity contribution in [2.75, 3.05) is 12.3 Å². The Morgan fingerprint density at radius 1 is 1.17 bits per heavy atom. The molecule has 23 heavy (non-hydrogen) atoms. The number of amides is 1. The standard InChI is InChI=1S/C19H20ClNOS/c1-15-4-2-3-5-17(15)14-23-13-12-21-19(22)11-8-16-6-9-18(20)10-7-16/h2-11H,12-14H2,1H3,(H,21,22)/b11-8+. The van der Waals surface area contributed by atoms with Gasteiger partial charge in [0.25, 0.3) is 0 Å². The molecular weight excluding hydrogens is 326 g/mol. The molecule has 0 saturated heterocycles. The van der Waals surface area contributed by atoms with Gasteiger partial charge in [0.2, 0.25) is 5.91 Å². The second kappa shape index (κ2) is 9.43. The SMILES string of the molecule is Cc1ccccc1CSCCNC(=O)/C=C/c1ccc(Cl)cc1. The molecule has 1 amide bonds. The maximum atomic E-state index is 11.7. The number of hydrogen-bond donors (Lipinski definition) is 1. The lowest BCUT2D eigenvalue weighted by molar-refractivity contribution is -0.116. The summed E-state index contributed by atoms with van der Waals surface area (Å²) in [5, 5.41) is 3.58. The number of rotatable bonds is 7. The van der Waals surface area contributed by atoms with Crippen LogP contribution < -0.4 is 5.32 Å². The summed E-state index contributed by atoms with van der Waals surface area (Å²) in [6.07, 6.45) is 3.33. The van der Waals surface area contributed by atoms with Crippen molar-refractivity contribution in [3.8, 4) is 0 Å². The predicted molar refractivity (Wildman–Crippen MR) is 101 cm³/mol. The molecule has 0 bridgehead atoms. The van der Waals surface area contributed by atoms with Crippen molar-refractivity contribution in [2.24, 2.45) is 0 Å². The summed E-state index contributed by atoms with van der Waals surface area (Å²) in [7, 11) is 0. The minimum absolute atomic E-state index is 0.0727. The maximum Gasteiger partial charge on any atom is 0.244 e. The van der Waals surface area contributed by atoms with Gasteiger partial charge in [-0.1, -0.05) is 48.0 Å². The third-order valence-electron chi connectivity index (χ3n) is 3.36. The van der Waals surface area contributed by atoms with Gasteiger partial charge >= 0.3 is 0 Å². The Labute approximate surface area is 146 Å². The van der Waals surface area contributed by atoms with E-state index in [2.05, 4.69) is 36.5 Å². The Bertz CT molecular complexity index is 667. The van der Waals surface area contributed by atoms with Crippen molar-refractivity contribution in [3.05, 3.63) is 76.3 Å². The van der Waals surface area contributed by atoms with Crippen LogP contribution in [0.5, 0.6) is 0 Å². The number of halogens is 1. The number of carbonyl (C=O) groups excluding carboxylic acids is 1. The third kappa shape index (κ3) is 6.51. The lowest BCUT2D eigenvalue weighted by atomic mass is 10.1. The number of aryl methyl sites for hydroxylation is 1. The summed E-state index contributed by atoms with van der Waals surface area (Å²) in [4.78, 5) is 11.7. The fraction of sp³-hybridized carbons (Fsp3) is 0.211. The highest BCUT2D eigenvalue weighted by molar-refractivity contribution is 7.98. The third-order valence-corrected chi connectivity index (χ3v) is 4.62. The second-order valence-electron chi connectivity index (χ2n) is 5.15. The summed E-state index contributed by atoms with van der Waals surface area (Å²) in [5.41, 5.74) is 3.62. The van der Waals surface area contributed by atoms with E-state index in [1.807, 2.05) is 23.9 Å². The van der Waals surface area contributed by atoms with Crippen LogP contribution in [0.2, 0.25) is 5.02 Å². The highest BCUT2D eigenvalue weighted by Gasteiger charge is 1.98. The molecule has 120 valence electrons. The first-order chi connectivity index (χ1) is 11.1. The van der Waals surface area contributed by atoms with E-state index in [1.54, 1.807) is 24.3 Å². The molecule has 0 unspecified atom stereocenters. The van der Waals surface area contributed by atoms with Gasteiger partial charge in [-0.05, 0) is 41.8 Å². The largest absolute Gasteiger partial charge is 0.352 e. The lowest BCUT2D eigenvalue weighted by Crippen LogP contribution is -2.23. The van der Waals surface area contributed by atoms with Gasteiger partial charge in [0.05, 0.1) is 0 Å². The summed E-state index contributed by atoms with van der Waals surface area (Å²) in [5.74, 6) is 1.80. The Morgan fingerprint density at radius 2 is 1.91 bits per heavy atom. The van der Waals surface area contributed by atoms with Crippen LogP contribution >= 0.6 is 23.4 Å². The molecule has 2 rings (SSSR count). The smallest absolute Gasteiger partial charge is 0.244 e. The molecular formula is C19H20ClNOS. The van der Waals surface area contributed by atoms with Gasteiger partial charge in [-0.25, -0.2) is 0 Å². The fourth-order valence-corrected chi connectivity index (χ4v) is 3.07. The van der Waals surface area contributed by atoms with Gasteiger partial charge in [-0.2, -0.15) is 11.8 Å². The minimum Gasteiger partial charge on any atom is -0.352 e. The average Bonchev–Trinajstić information content (AvgIpc) is 2.55. The second-order valence-corrected chi connectivity index (χ2v) is 6.70. The summed E-state index contributed by atoms with van der Waals surface area (Å²) >= 11 is 7.65. The zero-order chi connectivity index (χ0) is 16.5. The van der Waals surface area contributed by atoms with Crippen LogP contribution in [-0.4, -0.2) is 18.2 Å². The van der Waals surface area contributed by atoms with Crippen molar-refractivity contribution in [1.29, 1.82) is 0 Å². The molecule has 2 nitrogen and oxygen atoms in total.